The number of carbonyl (C=O) groups excluding carboxylic acids is 1. The van der Waals surface area contributed by atoms with Gasteiger partial charge in [-0.2, -0.15) is 0 Å². The summed E-state index contributed by atoms with van der Waals surface area (Å²) in [6.07, 6.45) is 0. The standard InChI is InChI=1S/C17H16BrNO5/c1-11(2)10-23-16-7-6-12(8-15(16)18)17(20)24-14-5-3-4-13(9-14)19(21)22/h3-9,11H,10H2,1-2H3. The van der Waals surface area contributed by atoms with E-state index in [1.54, 1.807) is 18.2 Å². The van der Waals surface area contributed by atoms with Crippen LogP contribution in [0, 0.1) is 16.0 Å². The summed E-state index contributed by atoms with van der Waals surface area (Å²) in [7, 11) is 0. The first-order chi connectivity index (χ1) is 11.4. The predicted octanol–water partition coefficient (Wildman–Crippen LogP) is 4.61. The number of halogens is 1. The lowest BCUT2D eigenvalue weighted by Gasteiger charge is -2.11. The Bertz CT molecular complexity index is 760. The van der Waals surface area contributed by atoms with Crippen molar-refractivity contribution in [2.75, 3.05) is 6.61 Å². The molecule has 0 saturated carbocycles. The summed E-state index contributed by atoms with van der Waals surface area (Å²) in [5.74, 6) is 0.531. The van der Waals surface area contributed by atoms with E-state index in [0.717, 1.165) is 0 Å². The number of nitro groups is 1. The highest BCUT2D eigenvalue weighted by atomic mass is 79.9. The van der Waals surface area contributed by atoms with Gasteiger partial charge in [0.2, 0.25) is 0 Å². The molecule has 0 spiro atoms. The van der Waals surface area contributed by atoms with Crippen molar-refractivity contribution in [3.8, 4) is 11.5 Å². The molecule has 0 aliphatic rings. The third-order valence-corrected chi connectivity index (χ3v) is 3.60. The highest BCUT2D eigenvalue weighted by Crippen LogP contribution is 2.27. The van der Waals surface area contributed by atoms with E-state index in [0.29, 0.717) is 28.3 Å². The van der Waals surface area contributed by atoms with Gasteiger partial charge in [0.25, 0.3) is 5.69 Å². The molecule has 0 bridgehead atoms. The second-order valence-electron chi connectivity index (χ2n) is 5.49. The molecule has 0 aliphatic heterocycles. The molecule has 126 valence electrons. The Morgan fingerprint density at radius 2 is 2.00 bits per heavy atom. The number of hydrogen-bond donors (Lipinski definition) is 0. The number of nitro benzene ring substituents is 1. The van der Waals surface area contributed by atoms with Crippen molar-refractivity contribution < 1.29 is 19.2 Å². The minimum absolute atomic E-state index is 0.116. The maximum absolute atomic E-state index is 12.2. The van der Waals surface area contributed by atoms with Crippen LogP contribution >= 0.6 is 15.9 Å². The second-order valence-corrected chi connectivity index (χ2v) is 6.35. The number of carbonyl (C=O) groups is 1. The summed E-state index contributed by atoms with van der Waals surface area (Å²) < 4.78 is 11.4. The topological polar surface area (TPSA) is 78.7 Å². The molecule has 0 aromatic heterocycles. The third-order valence-electron chi connectivity index (χ3n) is 2.98. The van der Waals surface area contributed by atoms with Gasteiger partial charge in [0.15, 0.2) is 0 Å². The van der Waals surface area contributed by atoms with E-state index in [9.17, 15) is 14.9 Å². The number of ether oxygens (including phenoxy) is 2. The average Bonchev–Trinajstić information content (AvgIpc) is 2.53. The fourth-order valence-corrected chi connectivity index (χ4v) is 2.32. The normalized spacial score (nSPS) is 10.5. The van der Waals surface area contributed by atoms with Crippen molar-refractivity contribution in [3.05, 3.63) is 62.6 Å². The van der Waals surface area contributed by atoms with Gasteiger partial charge in [-0.3, -0.25) is 10.1 Å². The Balaban J connectivity index is 2.11. The van der Waals surface area contributed by atoms with E-state index in [1.165, 1.54) is 24.3 Å². The van der Waals surface area contributed by atoms with Crippen LogP contribution < -0.4 is 9.47 Å². The Kier molecular flexibility index (Phi) is 5.92. The van der Waals surface area contributed by atoms with Gasteiger partial charge in [-0.15, -0.1) is 0 Å². The van der Waals surface area contributed by atoms with Crippen LogP contribution in [0.5, 0.6) is 11.5 Å². The van der Waals surface area contributed by atoms with Gasteiger partial charge >= 0.3 is 5.97 Å². The van der Waals surface area contributed by atoms with E-state index in [2.05, 4.69) is 15.9 Å². The highest BCUT2D eigenvalue weighted by molar-refractivity contribution is 9.10. The number of non-ortho nitro benzene ring substituents is 1. The quantitative estimate of drug-likeness (QED) is 0.309. The molecule has 24 heavy (non-hydrogen) atoms. The second kappa shape index (κ2) is 7.92. The molecule has 7 heteroatoms. The zero-order valence-corrected chi connectivity index (χ0v) is 14.8. The maximum atomic E-state index is 12.2. The van der Waals surface area contributed by atoms with E-state index in [-0.39, 0.29) is 11.4 Å². The average molecular weight is 394 g/mol. The molecule has 2 rings (SSSR count). The monoisotopic (exact) mass is 393 g/mol. The van der Waals surface area contributed by atoms with Crippen LogP contribution in [0.4, 0.5) is 5.69 Å². The predicted molar refractivity (Wildman–Crippen MR) is 92.5 cm³/mol. The van der Waals surface area contributed by atoms with E-state index < -0.39 is 10.9 Å². The molecular formula is C17H16BrNO5. The van der Waals surface area contributed by atoms with Crippen molar-refractivity contribution in [1.29, 1.82) is 0 Å². The first-order valence-electron chi connectivity index (χ1n) is 7.26. The fourth-order valence-electron chi connectivity index (χ4n) is 1.83. The van der Waals surface area contributed by atoms with E-state index in [4.69, 9.17) is 9.47 Å². The Morgan fingerprint density at radius 1 is 1.25 bits per heavy atom. The Hall–Kier alpha value is -2.41. The van der Waals surface area contributed by atoms with Crippen molar-refractivity contribution >= 4 is 27.6 Å². The van der Waals surface area contributed by atoms with Crippen LogP contribution in [-0.4, -0.2) is 17.5 Å². The van der Waals surface area contributed by atoms with Crippen LogP contribution in [0.25, 0.3) is 0 Å². The zero-order valence-electron chi connectivity index (χ0n) is 13.2. The summed E-state index contributed by atoms with van der Waals surface area (Å²) in [5, 5.41) is 10.7. The molecule has 0 unspecified atom stereocenters. The van der Waals surface area contributed by atoms with Crippen LogP contribution in [-0.2, 0) is 0 Å². The van der Waals surface area contributed by atoms with Crippen molar-refractivity contribution in [3.63, 3.8) is 0 Å². The van der Waals surface area contributed by atoms with Crippen molar-refractivity contribution in [2.24, 2.45) is 5.92 Å². The van der Waals surface area contributed by atoms with Gasteiger partial charge in [0.1, 0.15) is 11.5 Å². The van der Waals surface area contributed by atoms with Crippen LogP contribution in [0.2, 0.25) is 0 Å². The lowest BCUT2D eigenvalue weighted by molar-refractivity contribution is -0.384. The molecule has 0 radical (unpaired) electrons. The largest absolute Gasteiger partial charge is 0.492 e. The molecule has 0 heterocycles. The number of esters is 1. The smallest absolute Gasteiger partial charge is 0.343 e. The SMILES string of the molecule is CC(C)COc1ccc(C(=O)Oc2cccc([N+](=O)[O-])c2)cc1Br. The van der Waals surface area contributed by atoms with Gasteiger partial charge in [0, 0.05) is 6.07 Å². The summed E-state index contributed by atoms with van der Waals surface area (Å²) in [5.41, 5.74) is 0.171. The summed E-state index contributed by atoms with van der Waals surface area (Å²) >= 11 is 3.36. The molecule has 2 aromatic rings. The molecule has 2 aromatic carbocycles. The maximum Gasteiger partial charge on any atom is 0.343 e. The summed E-state index contributed by atoms with van der Waals surface area (Å²) in [6.45, 7) is 4.65. The van der Waals surface area contributed by atoms with Gasteiger partial charge in [-0.25, -0.2) is 4.79 Å². The van der Waals surface area contributed by atoms with Crippen LogP contribution in [0.3, 0.4) is 0 Å². The van der Waals surface area contributed by atoms with Gasteiger partial charge in [-0.1, -0.05) is 19.9 Å². The fraction of sp³-hybridized carbons (Fsp3) is 0.235. The lowest BCUT2D eigenvalue weighted by Crippen LogP contribution is -2.09. The molecule has 0 saturated heterocycles. The lowest BCUT2D eigenvalue weighted by atomic mass is 10.2. The number of nitrogens with zero attached hydrogens (tertiary/aromatic N) is 1. The molecular weight excluding hydrogens is 378 g/mol. The first-order valence-corrected chi connectivity index (χ1v) is 8.05. The van der Waals surface area contributed by atoms with Gasteiger partial charge < -0.3 is 9.47 Å². The first kappa shape index (κ1) is 17.9. The number of hydrogen-bond acceptors (Lipinski definition) is 5. The molecule has 0 atom stereocenters. The molecule has 0 aliphatic carbocycles. The summed E-state index contributed by atoms with van der Waals surface area (Å²) in [4.78, 5) is 22.4. The number of benzene rings is 2. The molecule has 0 N–H and O–H groups in total. The van der Waals surface area contributed by atoms with Crippen LogP contribution in [0.15, 0.2) is 46.9 Å². The Morgan fingerprint density at radius 3 is 2.62 bits per heavy atom. The summed E-state index contributed by atoms with van der Waals surface area (Å²) in [6, 6.07) is 10.3. The van der Waals surface area contributed by atoms with Crippen molar-refractivity contribution in [2.45, 2.75) is 13.8 Å². The third kappa shape index (κ3) is 4.79. The Labute approximate surface area is 147 Å². The molecule has 0 fully saturated rings. The van der Waals surface area contributed by atoms with E-state index >= 15 is 0 Å². The minimum Gasteiger partial charge on any atom is -0.492 e. The van der Waals surface area contributed by atoms with Gasteiger partial charge in [-0.05, 0) is 46.1 Å². The number of rotatable bonds is 6. The van der Waals surface area contributed by atoms with Crippen LogP contribution in [0.1, 0.15) is 24.2 Å². The highest BCUT2D eigenvalue weighted by Gasteiger charge is 2.14. The van der Waals surface area contributed by atoms with Crippen molar-refractivity contribution in [1.82, 2.24) is 0 Å². The molecule has 6 nitrogen and oxygen atoms in total. The van der Waals surface area contributed by atoms with E-state index in [1.807, 2.05) is 13.8 Å². The zero-order chi connectivity index (χ0) is 17.7. The molecule has 0 amide bonds. The van der Waals surface area contributed by atoms with Gasteiger partial charge in [0.05, 0.1) is 27.6 Å². The minimum atomic E-state index is -0.605.